The summed E-state index contributed by atoms with van der Waals surface area (Å²) in [5.41, 5.74) is 0.892. The highest BCUT2D eigenvalue weighted by atomic mass is 79.9. The van der Waals surface area contributed by atoms with E-state index < -0.39 is 9.84 Å². The first-order chi connectivity index (χ1) is 7.29. The second-order valence-electron chi connectivity index (χ2n) is 3.79. The molecule has 0 fully saturated rings. The minimum atomic E-state index is -2.92. The molecule has 0 N–H and O–H groups in total. The fraction of sp³-hybridized carbons (Fsp3) is 0.500. The number of aryl methyl sites for hydroxylation is 1. The van der Waals surface area contributed by atoms with Gasteiger partial charge < -0.3 is 4.90 Å². The molecule has 6 heteroatoms. The van der Waals surface area contributed by atoms with Crippen LogP contribution in [0.4, 0.5) is 5.82 Å². The van der Waals surface area contributed by atoms with Crippen molar-refractivity contribution in [3.8, 4) is 0 Å². The second kappa shape index (κ2) is 5.14. The van der Waals surface area contributed by atoms with Gasteiger partial charge in [-0.15, -0.1) is 0 Å². The Kier molecular flexibility index (Phi) is 4.32. The van der Waals surface area contributed by atoms with Crippen LogP contribution in [0.5, 0.6) is 0 Å². The number of nitrogens with zero attached hydrogens (tertiary/aromatic N) is 2. The zero-order valence-corrected chi connectivity index (χ0v) is 12.0. The molecule has 0 atom stereocenters. The lowest BCUT2D eigenvalue weighted by atomic mass is 10.3. The lowest BCUT2D eigenvalue weighted by molar-refractivity contribution is 0.601. The predicted molar refractivity (Wildman–Crippen MR) is 69.7 cm³/mol. The van der Waals surface area contributed by atoms with Gasteiger partial charge in [0.2, 0.25) is 0 Å². The summed E-state index contributed by atoms with van der Waals surface area (Å²) in [6.45, 7) is 2.35. The van der Waals surface area contributed by atoms with E-state index in [1.807, 2.05) is 31.0 Å². The van der Waals surface area contributed by atoms with Gasteiger partial charge in [0.05, 0.1) is 11.4 Å². The van der Waals surface area contributed by atoms with Crippen LogP contribution in [0.2, 0.25) is 0 Å². The third kappa shape index (κ3) is 4.09. The van der Waals surface area contributed by atoms with Crippen molar-refractivity contribution in [2.24, 2.45) is 0 Å². The summed E-state index contributed by atoms with van der Waals surface area (Å²) < 4.78 is 23.0. The van der Waals surface area contributed by atoms with Crippen LogP contribution >= 0.6 is 15.9 Å². The van der Waals surface area contributed by atoms with Gasteiger partial charge >= 0.3 is 0 Å². The van der Waals surface area contributed by atoms with E-state index in [0.29, 0.717) is 6.54 Å². The Morgan fingerprint density at radius 1 is 1.44 bits per heavy atom. The Morgan fingerprint density at radius 2 is 2.06 bits per heavy atom. The largest absolute Gasteiger partial charge is 0.359 e. The molecule has 1 heterocycles. The molecule has 1 aromatic heterocycles. The Labute approximate surface area is 105 Å². The molecular weight excluding hydrogens is 292 g/mol. The van der Waals surface area contributed by atoms with Crippen LogP contribution in [0, 0.1) is 6.92 Å². The summed E-state index contributed by atoms with van der Waals surface area (Å²) in [6, 6.07) is 3.77. The van der Waals surface area contributed by atoms with Crippen LogP contribution in [-0.2, 0) is 9.84 Å². The third-order valence-corrected chi connectivity index (χ3v) is 3.96. The van der Waals surface area contributed by atoms with E-state index in [1.165, 1.54) is 6.26 Å². The highest BCUT2D eigenvalue weighted by molar-refractivity contribution is 9.10. The maximum atomic E-state index is 11.0. The standard InChI is InChI=1S/C10H15BrN2O2S/c1-8-9(11)4-5-10(12-8)13(2)6-7-16(3,14)15/h4-5H,6-7H2,1-3H3. The van der Waals surface area contributed by atoms with E-state index in [-0.39, 0.29) is 5.75 Å². The molecule has 16 heavy (non-hydrogen) atoms. The maximum Gasteiger partial charge on any atom is 0.149 e. The van der Waals surface area contributed by atoms with Crippen molar-refractivity contribution in [1.82, 2.24) is 4.98 Å². The molecule has 1 rings (SSSR count). The molecule has 0 radical (unpaired) electrons. The molecule has 0 spiro atoms. The Morgan fingerprint density at radius 3 is 2.56 bits per heavy atom. The second-order valence-corrected chi connectivity index (χ2v) is 6.90. The number of hydrogen-bond acceptors (Lipinski definition) is 4. The van der Waals surface area contributed by atoms with E-state index in [4.69, 9.17) is 0 Å². The van der Waals surface area contributed by atoms with Crippen LogP contribution in [0.3, 0.4) is 0 Å². The fourth-order valence-corrected chi connectivity index (χ4v) is 1.99. The summed E-state index contributed by atoms with van der Waals surface area (Å²) in [6.07, 6.45) is 1.24. The van der Waals surface area contributed by atoms with Gasteiger partial charge in [-0.2, -0.15) is 0 Å². The molecule has 0 aliphatic rings. The number of anilines is 1. The first-order valence-electron chi connectivity index (χ1n) is 4.81. The summed E-state index contributed by atoms with van der Waals surface area (Å²) in [5.74, 6) is 0.921. The van der Waals surface area contributed by atoms with E-state index in [1.54, 1.807) is 0 Å². The molecule has 0 saturated heterocycles. The van der Waals surface area contributed by atoms with Gasteiger partial charge in [-0.3, -0.25) is 0 Å². The van der Waals surface area contributed by atoms with E-state index >= 15 is 0 Å². The van der Waals surface area contributed by atoms with Crippen molar-refractivity contribution in [2.45, 2.75) is 6.92 Å². The molecule has 0 aliphatic carbocycles. The SMILES string of the molecule is Cc1nc(N(C)CCS(C)(=O)=O)ccc1Br. The van der Waals surface area contributed by atoms with Crippen LogP contribution in [0.1, 0.15) is 5.69 Å². The van der Waals surface area contributed by atoms with E-state index in [2.05, 4.69) is 20.9 Å². The average Bonchev–Trinajstić information content (AvgIpc) is 2.17. The third-order valence-electron chi connectivity index (χ3n) is 2.20. The predicted octanol–water partition coefficient (Wildman–Crippen LogP) is 1.63. The first kappa shape index (κ1) is 13.4. The molecule has 0 aromatic carbocycles. The number of hydrogen-bond donors (Lipinski definition) is 0. The van der Waals surface area contributed by atoms with Crippen molar-refractivity contribution in [2.75, 3.05) is 30.5 Å². The average molecular weight is 307 g/mol. The van der Waals surface area contributed by atoms with Crippen molar-refractivity contribution in [1.29, 1.82) is 0 Å². The lowest BCUT2D eigenvalue weighted by Gasteiger charge is -2.18. The summed E-state index contributed by atoms with van der Waals surface area (Å²) in [7, 11) is -1.09. The number of sulfone groups is 1. The molecule has 0 bridgehead atoms. The molecule has 0 unspecified atom stereocenters. The van der Waals surface area contributed by atoms with Crippen LogP contribution in [-0.4, -0.2) is 39.0 Å². The number of pyridine rings is 1. The van der Waals surface area contributed by atoms with Crippen LogP contribution < -0.4 is 4.90 Å². The Bertz CT molecular complexity index is 474. The molecule has 4 nitrogen and oxygen atoms in total. The number of rotatable bonds is 4. The fourth-order valence-electron chi connectivity index (χ4n) is 1.16. The van der Waals surface area contributed by atoms with Gasteiger partial charge in [0, 0.05) is 24.3 Å². The minimum Gasteiger partial charge on any atom is -0.359 e. The molecule has 90 valence electrons. The zero-order valence-electron chi connectivity index (χ0n) is 9.57. The molecule has 0 amide bonds. The van der Waals surface area contributed by atoms with Gasteiger partial charge in [-0.25, -0.2) is 13.4 Å². The monoisotopic (exact) mass is 306 g/mol. The van der Waals surface area contributed by atoms with E-state index in [9.17, 15) is 8.42 Å². The van der Waals surface area contributed by atoms with Gasteiger partial charge in [0.25, 0.3) is 0 Å². The zero-order chi connectivity index (χ0) is 12.3. The van der Waals surface area contributed by atoms with Crippen molar-refractivity contribution < 1.29 is 8.42 Å². The quantitative estimate of drug-likeness (QED) is 0.848. The summed E-state index contributed by atoms with van der Waals surface area (Å²) >= 11 is 3.37. The Hall–Kier alpha value is -0.620. The van der Waals surface area contributed by atoms with Gasteiger partial charge in [-0.05, 0) is 35.0 Å². The molecule has 0 aliphatic heterocycles. The van der Waals surface area contributed by atoms with Gasteiger partial charge in [-0.1, -0.05) is 0 Å². The van der Waals surface area contributed by atoms with Crippen molar-refractivity contribution >= 4 is 31.6 Å². The summed E-state index contributed by atoms with van der Waals surface area (Å²) in [4.78, 5) is 6.19. The highest BCUT2D eigenvalue weighted by Gasteiger charge is 2.08. The molecule has 1 aromatic rings. The Balaban J connectivity index is 2.73. The normalized spacial score (nSPS) is 11.5. The number of aromatic nitrogens is 1. The lowest BCUT2D eigenvalue weighted by Crippen LogP contribution is -2.25. The first-order valence-corrected chi connectivity index (χ1v) is 7.67. The van der Waals surface area contributed by atoms with Crippen LogP contribution in [0.15, 0.2) is 16.6 Å². The minimum absolute atomic E-state index is 0.139. The van der Waals surface area contributed by atoms with E-state index in [0.717, 1.165) is 16.0 Å². The van der Waals surface area contributed by atoms with Gasteiger partial charge in [0.15, 0.2) is 0 Å². The number of halogens is 1. The highest BCUT2D eigenvalue weighted by Crippen LogP contribution is 2.18. The summed E-state index contributed by atoms with van der Waals surface area (Å²) in [5, 5.41) is 0. The van der Waals surface area contributed by atoms with Crippen molar-refractivity contribution in [3.63, 3.8) is 0 Å². The van der Waals surface area contributed by atoms with Crippen molar-refractivity contribution in [3.05, 3.63) is 22.3 Å². The topological polar surface area (TPSA) is 50.3 Å². The van der Waals surface area contributed by atoms with Crippen LogP contribution in [0.25, 0.3) is 0 Å². The molecule has 0 saturated carbocycles. The maximum absolute atomic E-state index is 11.0. The van der Waals surface area contributed by atoms with Gasteiger partial charge in [0.1, 0.15) is 15.7 Å². The smallest absolute Gasteiger partial charge is 0.149 e. The molecular formula is C10H15BrN2O2S.